The first kappa shape index (κ1) is 20.6. The molecule has 0 bridgehead atoms. The van der Waals surface area contributed by atoms with Crippen LogP contribution in [0, 0.1) is 0 Å². The summed E-state index contributed by atoms with van der Waals surface area (Å²) in [5.41, 5.74) is 0. The second kappa shape index (κ2) is 8.10. The van der Waals surface area contributed by atoms with E-state index in [2.05, 4.69) is 8.53 Å². The van der Waals surface area contributed by atoms with Crippen LogP contribution in [-0.2, 0) is 21.1 Å². The number of hydrogen-bond acceptors (Lipinski definition) is 3. The molecule has 22 heavy (non-hydrogen) atoms. The first-order chi connectivity index (χ1) is 10.2. The summed E-state index contributed by atoms with van der Waals surface area (Å²) < 4.78 is 48.3. The Hall–Kier alpha value is 0.576. The zero-order chi connectivity index (χ0) is 17.1. The molecule has 0 heterocycles. The van der Waals surface area contributed by atoms with Gasteiger partial charge in [0.2, 0.25) is 0 Å². The van der Waals surface area contributed by atoms with E-state index in [4.69, 9.17) is 0 Å². The van der Waals surface area contributed by atoms with E-state index in [1.807, 2.05) is 41.9 Å². The van der Waals surface area contributed by atoms with Crippen molar-refractivity contribution in [2.24, 2.45) is 0 Å². The molecule has 0 fully saturated rings. The zero-order valence-electron chi connectivity index (χ0n) is 14.5. The van der Waals surface area contributed by atoms with Gasteiger partial charge in [0.1, 0.15) is 0 Å². The fourth-order valence-corrected chi connectivity index (χ4v) is 21.8. The standard InChI is InChI=1S/C5H4F3Ge.3C3H8N.Zr/c6-9(7,8)5-3-1-2-4-5;3*1-3-4-2;/h1,3H,2H2;3*3H2,1-2H3;/q;3*-1;+3. The van der Waals surface area contributed by atoms with Crippen molar-refractivity contribution in [3.63, 3.8) is 0 Å². The van der Waals surface area contributed by atoms with Crippen molar-refractivity contribution >= 4 is 14.7 Å². The molecule has 1 rings (SSSR count). The second-order valence-electron chi connectivity index (χ2n) is 5.67. The third-order valence-corrected chi connectivity index (χ3v) is 21.6. The fourth-order valence-electron chi connectivity index (χ4n) is 3.32. The van der Waals surface area contributed by atoms with E-state index >= 15 is 0 Å². The van der Waals surface area contributed by atoms with E-state index in [1.165, 1.54) is 6.08 Å². The Morgan fingerprint density at radius 3 is 1.68 bits per heavy atom. The predicted molar refractivity (Wildman–Crippen MR) is 84.8 cm³/mol. The minimum absolute atomic E-state index is 0.225. The van der Waals surface area contributed by atoms with Gasteiger partial charge in [0.05, 0.1) is 0 Å². The summed E-state index contributed by atoms with van der Waals surface area (Å²) in [5, 5.41) is 0. The summed E-state index contributed by atoms with van der Waals surface area (Å²) in [4.78, 5) is 0. The number of rotatable bonds is 8. The normalized spacial score (nSPS) is 16.7. The number of halogens is 3. The van der Waals surface area contributed by atoms with Crippen LogP contribution in [0.4, 0.5) is 10.5 Å². The topological polar surface area (TPSA) is 9.72 Å². The minimum atomic E-state index is -6.34. The van der Waals surface area contributed by atoms with Crippen LogP contribution >= 0.6 is 0 Å². The summed E-state index contributed by atoms with van der Waals surface area (Å²) in [6.45, 7) is 8.42. The van der Waals surface area contributed by atoms with E-state index in [0.717, 1.165) is 19.6 Å². The molecule has 8 heteroatoms. The fraction of sp³-hybridized carbons (Fsp3) is 0.714. The van der Waals surface area contributed by atoms with Crippen molar-refractivity contribution in [2.45, 2.75) is 27.2 Å². The quantitative estimate of drug-likeness (QED) is 0.516. The van der Waals surface area contributed by atoms with Gasteiger partial charge in [-0.3, -0.25) is 0 Å². The molecule has 0 aromatic carbocycles. The third-order valence-electron chi connectivity index (χ3n) is 4.66. The molecule has 0 amide bonds. The van der Waals surface area contributed by atoms with Crippen LogP contribution in [0.3, 0.4) is 0 Å². The van der Waals surface area contributed by atoms with E-state index in [1.54, 1.807) is 6.08 Å². The van der Waals surface area contributed by atoms with Crippen LogP contribution in [-0.4, -0.2) is 64.0 Å². The van der Waals surface area contributed by atoms with Crippen LogP contribution in [0.25, 0.3) is 0 Å². The molecule has 128 valence electrons. The van der Waals surface area contributed by atoms with Gasteiger partial charge in [0.25, 0.3) is 0 Å². The first-order valence-electron chi connectivity index (χ1n) is 7.78. The van der Waals surface area contributed by atoms with E-state index in [0.29, 0.717) is 9.70 Å². The van der Waals surface area contributed by atoms with Gasteiger partial charge in [-0.25, -0.2) is 0 Å². The zero-order valence-corrected chi connectivity index (χ0v) is 19.0. The molecule has 0 spiro atoms. The SMILES string of the molecule is CC[N](C)[Zr]([C]1=[C]([Ge]([F])([F])[F])C=CC1)([N](C)CC)[N](C)CC. The van der Waals surface area contributed by atoms with Gasteiger partial charge in [-0.2, -0.15) is 0 Å². The Kier molecular flexibility index (Phi) is 7.59. The van der Waals surface area contributed by atoms with Crippen LogP contribution in [0.5, 0.6) is 0 Å². The van der Waals surface area contributed by atoms with E-state index in [-0.39, 0.29) is 4.41 Å². The molecule has 0 saturated carbocycles. The maximum absolute atomic E-state index is 13.7. The van der Waals surface area contributed by atoms with Crippen LogP contribution < -0.4 is 0 Å². The molecular formula is C14H28F3GeN3Zr. The Morgan fingerprint density at radius 1 is 0.955 bits per heavy atom. The summed E-state index contributed by atoms with van der Waals surface area (Å²) >= 11 is -10.0. The summed E-state index contributed by atoms with van der Waals surface area (Å²) in [6, 6.07) is 0. The monoisotopic (exact) mass is 459 g/mol. The average Bonchev–Trinajstić information content (AvgIpc) is 2.96. The molecule has 1 aliphatic carbocycles. The van der Waals surface area contributed by atoms with Gasteiger partial charge in [0.15, 0.2) is 0 Å². The van der Waals surface area contributed by atoms with Gasteiger partial charge in [-0.15, -0.1) is 0 Å². The molecule has 0 aliphatic heterocycles. The Balaban J connectivity index is 3.62. The van der Waals surface area contributed by atoms with Gasteiger partial charge >= 0.3 is 143 Å². The molecule has 0 radical (unpaired) electrons. The summed E-state index contributed by atoms with van der Waals surface area (Å²) in [5.74, 6) is 0. The maximum atomic E-state index is 13.7. The van der Waals surface area contributed by atoms with Crippen molar-refractivity contribution in [1.29, 1.82) is 0 Å². The summed E-state index contributed by atoms with van der Waals surface area (Å²) in [6.07, 6.45) is 3.54. The Labute approximate surface area is 142 Å². The van der Waals surface area contributed by atoms with Crippen molar-refractivity contribution in [2.75, 3.05) is 40.8 Å². The molecular weight excluding hydrogens is 431 g/mol. The number of allylic oxidation sites excluding steroid dienone is 4. The van der Waals surface area contributed by atoms with Gasteiger partial charge in [0, 0.05) is 0 Å². The molecule has 3 nitrogen and oxygen atoms in total. The Bertz CT molecular complexity index is 425. The molecule has 0 aromatic heterocycles. The number of hydrogen-bond donors (Lipinski definition) is 0. The van der Waals surface area contributed by atoms with Crippen LogP contribution in [0.2, 0.25) is 0 Å². The van der Waals surface area contributed by atoms with Crippen LogP contribution in [0.15, 0.2) is 19.8 Å². The van der Waals surface area contributed by atoms with Crippen LogP contribution in [0.1, 0.15) is 27.2 Å². The van der Waals surface area contributed by atoms with Crippen molar-refractivity contribution in [3.8, 4) is 0 Å². The molecule has 0 unspecified atom stereocenters. The summed E-state index contributed by atoms with van der Waals surface area (Å²) in [7, 11) is 6.00. The molecule has 0 aromatic rings. The third kappa shape index (κ3) is 3.63. The predicted octanol–water partition coefficient (Wildman–Crippen LogP) is 3.34. The first-order valence-corrected chi connectivity index (χ1v) is 15.7. The average molecular weight is 459 g/mol. The second-order valence-corrected chi connectivity index (χ2v) is 19.1. The van der Waals surface area contributed by atoms with Crippen molar-refractivity contribution < 1.29 is 31.6 Å². The molecule has 0 atom stereocenters. The molecule has 0 saturated heterocycles. The van der Waals surface area contributed by atoms with Crippen molar-refractivity contribution in [3.05, 3.63) is 19.8 Å². The molecule has 1 aliphatic rings. The van der Waals surface area contributed by atoms with Gasteiger partial charge < -0.3 is 0 Å². The number of nitrogens with zero attached hydrogens (tertiary/aromatic N) is 3. The molecule has 0 N–H and O–H groups in total. The van der Waals surface area contributed by atoms with Gasteiger partial charge in [-0.05, 0) is 0 Å². The Morgan fingerprint density at radius 2 is 1.36 bits per heavy atom. The van der Waals surface area contributed by atoms with E-state index in [9.17, 15) is 10.5 Å². The van der Waals surface area contributed by atoms with E-state index < -0.39 is 35.8 Å². The van der Waals surface area contributed by atoms with Gasteiger partial charge in [-0.1, -0.05) is 0 Å². The van der Waals surface area contributed by atoms with Crippen molar-refractivity contribution in [1.82, 2.24) is 8.53 Å².